The van der Waals surface area contributed by atoms with E-state index in [2.05, 4.69) is 5.32 Å². The van der Waals surface area contributed by atoms with Crippen LogP contribution in [0, 0.1) is 12.8 Å². The van der Waals surface area contributed by atoms with E-state index < -0.39 is 34.0 Å². The number of hydrogen-bond acceptors (Lipinski definition) is 6. The van der Waals surface area contributed by atoms with Crippen LogP contribution in [-0.2, 0) is 31.0 Å². The first-order valence-electron chi connectivity index (χ1n) is 14.8. The van der Waals surface area contributed by atoms with E-state index in [0.717, 1.165) is 33.8 Å². The molecule has 2 saturated heterocycles. The van der Waals surface area contributed by atoms with Crippen molar-refractivity contribution in [3.63, 3.8) is 0 Å². The summed E-state index contributed by atoms with van der Waals surface area (Å²) in [5.74, 6) is -1.81. The molecule has 3 heterocycles. The van der Waals surface area contributed by atoms with Crippen molar-refractivity contribution in [2.75, 3.05) is 26.2 Å². The Morgan fingerprint density at radius 2 is 1.70 bits per heavy atom. The van der Waals surface area contributed by atoms with Gasteiger partial charge in [-0.1, -0.05) is 35.9 Å². The average Bonchev–Trinajstić information content (AvgIpc) is 3.61. The van der Waals surface area contributed by atoms with Crippen molar-refractivity contribution in [2.24, 2.45) is 5.92 Å². The highest BCUT2D eigenvalue weighted by Crippen LogP contribution is 2.28. The van der Waals surface area contributed by atoms with Crippen LogP contribution in [-0.4, -0.2) is 89.6 Å². The molecule has 43 heavy (non-hydrogen) atoms. The Bertz CT molecular complexity index is 1490. The number of benzene rings is 2. The van der Waals surface area contributed by atoms with E-state index >= 15 is 0 Å². The van der Waals surface area contributed by atoms with Gasteiger partial charge in [-0.25, -0.2) is 13.2 Å². The Morgan fingerprint density at radius 3 is 2.37 bits per heavy atom. The van der Waals surface area contributed by atoms with Crippen molar-refractivity contribution in [1.82, 2.24) is 19.4 Å². The summed E-state index contributed by atoms with van der Waals surface area (Å²) in [4.78, 5) is 54.4. The fraction of sp³-hybridized carbons (Fsp3) is 0.484. The van der Waals surface area contributed by atoms with Gasteiger partial charge in [0, 0.05) is 44.7 Å². The van der Waals surface area contributed by atoms with Crippen LogP contribution in [0.3, 0.4) is 0 Å². The lowest BCUT2D eigenvalue weighted by Crippen LogP contribution is -2.51. The lowest BCUT2D eigenvalue weighted by Gasteiger charge is -2.34. The van der Waals surface area contributed by atoms with Gasteiger partial charge in [-0.3, -0.25) is 14.4 Å². The molecule has 0 bridgehead atoms. The van der Waals surface area contributed by atoms with E-state index in [-0.39, 0.29) is 48.4 Å². The van der Waals surface area contributed by atoms with Gasteiger partial charge in [-0.2, -0.15) is 4.31 Å². The SMILES string of the molecule is Cc1ccc(S(=O)(=O)N2CCC[C@H]2C(=O)NC(CCC(=O)N2CCC(CN3Cc4ccccc4C3=O)CC2)C(=O)O)cc1. The third-order valence-corrected chi connectivity index (χ3v) is 10.7. The van der Waals surface area contributed by atoms with Crippen LogP contribution >= 0.6 is 0 Å². The topological polar surface area (TPSA) is 144 Å². The predicted molar refractivity (Wildman–Crippen MR) is 157 cm³/mol. The van der Waals surface area contributed by atoms with Gasteiger partial charge in [0.15, 0.2) is 0 Å². The maximum Gasteiger partial charge on any atom is 0.326 e. The number of carbonyl (C=O) groups is 4. The van der Waals surface area contributed by atoms with E-state index in [9.17, 15) is 32.7 Å². The monoisotopic (exact) mass is 610 g/mol. The molecule has 2 aromatic carbocycles. The van der Waals surface area contributed by atoms with E-state index in [0.29, 0.717) is 32.6 Å². The standard InChI is InChI=1S/C31H38N4O7S/c1-21-8-10-24(11-9-21)43(41,42)35-16-4-7-27(35)29(37)32-26(31(39)40)12-13-28(36)33-17-14-22(15-18-33)19-34-20-23-5-2-3-6-25(23)30(34)38/h2-3,5-6,8-11,22,26-27H,4,7,12-20H2,1H3,(H,32,37)(H,39,40)/t26?,27-/m0/s1. The first-order chi connectivity index (χ1) is 20.5. The molecular formula is C31H38N4O7S. The Labute approximate surface area is 251 Å². The fourth-order valence-electron chi connectivity index (χ4n) is 6.23. The molecule has 2 atom stereocenters. The number of piperidine rings is 1. The molecule has 2 fully saturated rings. The highest BCUT2D eigenvalue weighted by atomic mass is 32.2. The number of aliphatic carboxylic acids is 1. The van der Waals surface area contributed by atoms with Crippen LogP contribution in [0.25, 0.3) is 0 Å². The van der Waals surface area contributed by atoms with Crippen LogP contribution in [0.2, 0.25) is 0 Å². The molecule has 12 heteroatoms. The molecule has 2 aromatic rings. The number of carboxylic acids is 1. The van der Waals surface area contributed by atoms with Crippen LogP contribution < -0.4 is 5.32 Å². The van der Waals surface area contributed by atoms with Crippen molar-refractivity contribution in [2.45, 2.75) is 69.0 Å². The van der Waals surface area contributed by atoms with Crippen molar-refractivity contribution >= 4 is 33.7 Å². The molecule has 0 spiro atoms. The average molecular weight is 611 g/mol. The van der Waals surface area contributed by atoms with Crippen LogP contribution in [0.1, 0.15) is 60.0 Å². The summed E-state index contributed by atoms with van der Waals surface area (Å²) in [5.41, 5.74) is 2.69. The highest BCUT2D eigenvalue weighted by Gasteiger charge is 2.40. The van der Waals surface area contributed by atoms with Gasteiger partial charge in [0.25, 0.3) is 5.91 Å². The zero-order valence-corrected chi connectivity index (χ0v) is 25.1. The summed E-state index contributed by atoms with van der Waals surface area (Å²) < 4.78 is 27.6. The lowest BCUT2D eigenvalue weighted by molar-refractivity contribution is -0.143. The Hall–Kier alpha value is -3.77. The first kappa shape index (κ1) is 30.7. The van der Waals surface area contributed by atoms with Gasteiger partial charge >= 0.3 is 5.97 Å². The van der Waals surface area contributed by atoms with E-state index in [1.54, 1.807) is 17.0 Å². The lowest BCUT2D eigenvalue weighted by atomic mass is 9.95. The number of fused-ring (bicyclic) bond motifs is 1. The molecule has 2 N–H and O–H groups in total. The number of amides is 3. The summed E-state index contributed by atoms with van der Waals surface area (Å²) >= 11 is 0. The van der Waals surface area contributed by atoms with Gasteiger partial charge in [-0.15, -0.1) is 0 Å². The smallest absolute Gasteiger partial charge is 0.326 e. The number of nitrogens with one attached hydrogen (secondary N) is 1. The second-order valence-electron chi connectivity index (χ2n) is 11.7. The van der Waals surface area contributed by atoms with Crippen molar-refractivity contribution in [3.8, 4) is 0 Å². The summed E-state index contributed by atoms with van der Waals surface area (Å²) in [7, 11) is -3.93. The number of nitrogens with zero attached hydrogens (tertiary/aromatic N) is 3. The molecule has 0 aromatic heterocycles. The number of aryl methyl sites for hydroxylation is 1. The summed E-state index contributed by atoms with van der Waals surface area (Å²) in [6.45, 7) is 4.30. The minimum Gasteiger partial charge on any atom is -0.480 e. The number of likely N-dealkylation sites (tertiary alicyclic amines) is 1. The molecule has 0 saturated carbocycles. The second-order valence-corrected chi connectivity index (χ2v) is 13.6. The normalized spacial score (nSPS) is 20.2. The van der Waals surface area contributed by atoms with Gasteiger partial charge in [0.05, 0.1) is 4.90 Å². The van der Waals surface area contributed by atoms with Crippen LogP contribution in [0.5, 0.6) is 0 Å². The van der Waals surface area contributed by atoms with Gasteiger partial charge in [0.1, 0.15) is 12.1 Å². The molecule has 3 amide bonds. The molecule has 0 radical (unpaired) electrons. The predicted octanol–water partition coefficient (Wildman–Crippen LogP) is 2.39. The minimum atomic E-state index is -3.93. The van der Waals surface area contributed by atoms with Gasteiger partial charge in [-0.05, 0) is 68.7 Å². The molecule has 3 aliphatic rings. The second kappa shape index (κ2) is 12.8. The molecule has 3 aliphatic heterocycles. The highest BCUT2D eigenvalue weighted by molar-refractivity contribution is 7.89. The minimum absolute atomic E-state index is 0.0457. The largest absolute Gasteiger partial charge is 0.480 e. The maximum absolute atomic E-state index is 13.2. The molecule has 230 valence electrons. The maximum atomic E-state index is 13.2. The fourth-order valence-corrected chi connectivity index (χ4v) is 7.88. The van der Waals surface area contributed by atoms with Crippen molar-refractivity contribution in [1.29, 1.82) is 0 Å². The Kier molecular flexibility index (Phi) is 9.16. The first-order valence-corrected chi connectivity index (χ1v) is 16.2. The summed E-state index contributed by atoms with van der Waals surface area (Å²) in [5, 5.41) is 12.3. The molecule has 0 aliphatic carbocycles. The third kappa shape index (κ3) is 6.75. The number of hydrogen-bond donors (Lipinski definition) is 2. The summed E-state index contributed by atoms with van der Waals surface area (Å²) in [6, 6.07) is 11.7. The quantitative estimate of drug-likeness (QED) is 0.420. The van der Waals surface area contributed by atoms with Gasteiger partial charge in [0.2, 0.25) is 21.8 Å². The van der Waals surface area contributed by atoms with E-state index in [4.69, 9.17) is 0 Å². The third-order valence-electron chi connectivity index (χ3n) is 8.74. The Morgan fingerprint density at radius 1 is 1.00 bits per heavy atom. The molecule has 11 nitrogen and oxygen atoms in total. The van der Waals surface area contributed by atoms with Crippen LogP contribution in [0.4, 0.5) is 0 Å². The molecule has 5 rings (SSSR count). The van der Waals surface area contributed by atoms with Crippen molar-refractivity contribution < 1.29 is 32.7 Å². The van der Waals surface area contributed by atoms with Crippen molar-refractivity contribution in [3.05, 3.63) is 65.2 Å². The number of carboxylic acid groups (broad SMARTS) is 1. The van der Waals surface area contributed by atoms with Crippen LogP contribution in [0.15, 0.2) is 53.4 Å². The molecular weight excluding hydrogens is 572 g/mol. The zero-order chi connectivity index (χ0) is 30.7. The van der Waals surface area contributed by atoms with E-state index in [1.807, 2.05) is 36.1 Å². The zero-order valence-electron chi connectivity index (χ0n) is 24.3. The number of rotatable bonds is 10. The van der Waals surface area contributed by atoms with E-state index in [1.165, 1.54) is 12.1 Å². The Balaban J connectivity index is 1.10. The number of sulfonamides is 1. The van der Waals surface area contributed by atoms with Gasteiger partial charge < -0.3 is 20.2 Å². The summed E-state index contributed by atoms with van der Waals surface area (Å²) in [6.07, 6.45) is 2.10. The molecule has 1 unspecified atom stereocenters. The number of carbonyl (C=O) groups excluding carboxylic acids is 3.